The van der Waals surface area contributed by atoms with Gasteiger partial charge in [0.1, 0.15) is 6.04 Å². The zero-order valence-corrected chi connectivity index (χ0v) is 18.8. The number of carbonyl (C=O) groups excluding carboxylic acids is 2. The Kier molecular flexibility index (Phi) is 8.14. The van der Waals surface area contributed by atoms with E-state index in [0.29, 0.717) is 23.3 Å². The van der Waals surface area contributed by atoms with Gasteiger partial charge in [0.05, 0.1) is 4.92 Å². The molecule has 1 atom stereocenters. The Morgan fingerprint density at radius 3 is 2.64 bits per heavy atom. The highest BCUT2D eigenvalue weighted by Gasteiger charge is 2.23. The predicted octanol–water partition coefficient (Wildman–Crippen LogP) is 3.55. The van der Waals surface area contributed by atoms with Crippen molar-refractivity contribution in [2.75, 3.05) is 12.0 Å². The lowest BCUT2D eigenvalue weighted by Crippen LogP contribution is -2.42. The van der Waals surface area contributed by atoms with Crippen LogP contribution < -0.4 is 5.32 Å². The van der Waals surface area contributed by atoms with Crippen molar-refractivity contribution in [1.82, 2.24) is 15.5 Å². The van der Waals surface area contributed by atoms with Gasteiger partial charge in [0.25, 0.3) is 17.5 Å². The molecule has 172 valence electrons. The number of benzene rings is 2. The van der Waals surface area contributed by atoms with Crippen molar-refractivity contribution in [3.63, 3.8) is 0 Å². The number of esters is 1. The molecule has 1 N–H and O–H groups in total. The lowest BCUT2D eigenvalue weighted by atomic mass is 10.1. The fraction of sp³-hybridized carbons (Fsp3) is 0.273. The van der Waals surface area contributed by atoms with Gasteiger partial charge in [-0.05, 0) is 49.6 Å². The number of nitrogens with zero attached hydrogens (tertiary/aromatic N) is 3. The van der Waals surface area contributed by atoms with E-state index in [1.54, 1.807) is 30.0 Å². The van der Waals surface area contributed by atoms with Crippen LogP contribution in [0.2, 0.25) is 0 Å². The van der Waals surface area contributed by atoms with Crippen LogP contribution in [0.1, 0.15) is 28.2 Å². The van der Waals surface area contributed by atoms with Crippen LogP contribution in [0.3, 0.4) is 0 Å². The van der Waals surface area contributed by atoms with Crippen LogP contribution in [0.4, 0.5) is 5.69 Å². The molecule has 1 amide bonds. The molecular weight excluding hydrogens is 448 g/mol. The number of aromatic nitrogens is 2. The molecule has 0 saturated carbocycles. The van der Waals surface area contributed by atoms with Crippen molar-refractivity contribution in [3.05, 3.63) is 75.7 Å². The monoisotopic (exact) mass is 470 g/mol. The number of nitro benzene ring substituents is 1. The normalized spacial score (nSPS) is 11.6. The number of hydrogen-bond acceptors (Lipinski definition) is 9. The molecule has 0 aliphatic rings. The number of aryl methyl sites for hydroxylation is 1. The van der Waals surface area contributed by atoms with Crippen molar-refractivity contribution >= 4 is 29.3 Å². The largest absolute Gasteiger partial charge is 0.454 e. The molecule has 3 aromatic rings. The summed E-state index contributed by atoms with van der Waals surface area (Å²) < 4.78 is 10.8. The maximum Gasteiger partial charge on any atom is 0.329 e. The van der Waals surface area contributed by atoms with E-state index in [2.05, 4.69) is 15.5 Å². The number of nitro groups is 1. The first-order valence-electron chi connectivity index (χ1n) is 9.97. The van der Waals surface area contributed by atoms with Crippen LogP contribution in [0, 0.1) is 17.0 Å². The molecule has 0 aliphatic heterocycles. The minimum Gasteiger partial charge on any atom is -0.454 e. The van der Waals surface area contributed by atoms with Crippen LogP contribution in [0.25, 0.3) is 11.5 Å². The van der Waals surface area contributed by atoms with Crippen LogP contribution in [-0.2, 0) is 16.1 Å². The number of nitrogens with one attached hydrogen (secondary N) is 1. The highest BCUT2D eigenvalue weighted by molar-refractivity contribution is 7.98. The second-order valence-corrected chi connectivity index (χ2v) is 8.08. The van der Waals surface area contributed by atoms with Gasteiger partial charge < -0.3 is 14.5 Å². The number of thioether (sulfide) groups is 1. The van der Waals surface area contributed by atoms with E-state index in [4.69, 9.17) is 9.15 Å². The van der Waals surface area contributed by atoms with Gasteiger partial charge in [-0.3, -0.25) is 14.9 Å². The topological polar surface area (TPSA) is 137 Å². The molecule has 2 aromatic carbocycles. The summed E-state index contributed by atoms with van der Waals surface area (Å²) in [5, 5.41) is 21.2. The molecule has 3 rings (SSSR count). The number of ether oxygens (including phenoxy) is 1. The molecular formula is C22H22N4O6S. The minimum absolute atomic E-state index is 0.0589. The summed E-state index contributed by atoms with van der Waals surface area (Å²) in [5.74, 6) is -0.119. The predicted molar refractivity (Wildman–Crippen MR) is 122 cm³/mol. The molecule has 0 radical (unpaired) electrons. The first kappa shape index (κ1) is 23.9. The maximum atomic E-state index is 12.6. The maximum absolute atomic E-state index is 12.6. The summed E-state index contributed by atoms with van der Waals surface area (Å²) in [7, 11) is 0. The molecule has 0 aliphatic carbocycles. The van der Waals surface area contributed by atoms with E-state index >= 15 is 0 Å². The molecule has 11 heteroatoms. The van der Waals surface area contributed by atoms with Crippen molar-refractivity contribution in [2.24, 2.45) is 0 Å². The van der Waals surface area contributed by atoms with Crippen molar-refractivity contribution in [3.8, 4) is 11.5 Å². The number of hydrogen-bond donors (Lipinski definition) is 1. The summed E-state index contributed by atoms with van der Waals surface area (Å²) in [4.78, 5) is 35.5. The molecule has 0 fully saturated rings. The van der Waals surface area contributed by atoms with E-state index in [9.17, 15) is 19.7 Å². The Balaban J connectivity index is 1.61. The Morgan fingerprint density at radius 2 is 1.97 bits per heavy atom. The average molecular weight is 471 g/mol. The van der Waals surface area contributed by atoms with Gasteiger partial charge in [0, 0.05) is 23.3 Å². The van der Waals surface area contributed by atoms with E-state index < -0.39 is 16.9 Å². The fourth-order valence-corrected chi connectivity index (χ4v) is 3.37. The summed E-state index contributed by atoms with van der Waals surface area (Å²) in [5.41, 5.74) is 1.83. The number of non-ortho nitro benzene ring substituents is 1. The molecule has 0 saturated heterocycles. The lowest BCUT2D eigenvalue weighted by Gasteiger charge is -2.17. The van der Waals surface area contributed by atoms with Crippen molar-refractivity contribution in [2.45, 2.75) is 26.0 Å². The summed E-state index contributed by atoms with van der Waals surface area (Å²) in [6.07, 6.45) is 2.30. The van der Waals surface area contributed by atoms with Crippen LogP contribution in [-0.4, -0.2) is 45.0 Å². The van der Waals surface area contributed by atoms with Crippen molar-refractivity contribution < 1.29 is 23.7 Å². The molecule has 33 heavy (non-hydrogen) atoms. The SMILES string of the molecule is CSCC[C@@H](NC(=O)c1cccc(C)c1)C(=O)OCc1nnc(-c2ccc([N+](=O)[O-])cc2)o1. The average Bonchev–Trinajstić information content (AvgIpc) is 3.29. The molecule has 1 heterocycles. The summed E-state index contributed by atoms with van der Waals surface area (Å²) >= 11 is 1.55. The third-order valence-corrected chi connectivity index (χ3v) is 5.25. The van der Waals surface area contributed by atoms with E-state index in [-0.39, 0.29) is 30.0 Å². The van der Waals surface area contributed by atoms with Gasteiger partial charge in [0.2, 0.25) is 5.89 Å². The second kappa shape index (κ2) is 11.2. The third kappa shape index (κ3) is 6.62. The van der Waals surface area contributed by atoms with E-state index in [1.165, 1.54) is 24.3 Å². The number of carbonyl (C=O) groups is 2. The van der Waals surface area contributed by atoms with Gasteiger partial charge in [-0.15, -0.1) is 10.2 Å². The van der Waals surface area contributed by atoms with Gasteiger partial charge in [-0.25, -0.2) is 4.79 Å². The van der Waals surface area contributed by atoms with Crippen LogP contribution in [0.15, 0.2) is 52.9 Å². The minimum atomic E-state index is -0.831. The van der Waals surface area contributed by atoms with E-state index in [1.807, 2.05) is 19.2 Å². The zero-order valence-electron chi connectivity index (χ0n) is 18.0. The number of rotatable bonds is 10. The number of amides is 1. The third-order valence-electron chi connectivity index (χ3n) is 4.61. The van der Waals surface area contributed by atoms with Gasteiger partial charge in [-0.2, -0.15) is 11.8 Å². The molecule has 0 unspecified atom stereocenters. The Bertz CT molecular complexity index is 1130. The Hall–Kier alpha value is -3.73. The van der Waals surface area contributed by atoms with Crippen LogP contribution >= 0.6 is 11.8 Å². The Morgan fingerprint density at radius 1 is 1.21 bits per heavy atom. The molecule has 0 bridgehead atoms. The fourth-order valence-electron chi connectivity index (χ4n) is 2.90. The Labute approximate surface area is 193 Å². The summed E-state index contributed by atoms with van der Waals surface area (Å²) in [6.45, 7) is 1.61. The van der Waals surface area contributed by atoms with Gasteiger partial charge >= 0.3 is 5.97 Å². The quantitative estimate of drug-likeness (QED) is 0.268. The molecule has 10 nitrogen and oxygen atoms in total. The second-order valence-electron chi connectivity index (χ2n) is 7.09. The first-order chi connectivity index (χ1) is 15.9. The smallest absolute Gasteiger partial charge is 0.329 e. The molecule has 1 aromatic heterocycles. The van der Waals surface area contributed by atoms with Crippen molar-refractivity contribution in [1.29, 1.82) is 0 Å². The highest BCUT2D eigenvalue weighted by Crippen LogP contribution is 2.21. The molecule has 0 spiro atoms. The first-order valence-corrected chi connectivity index (χ1v) is 11.4. The highest BCUT2D eigenvalue weighted by atomic mass is 32.2. The summed E-state index contributed by atoms with van der Waals surface area (Å²) in [6, 6.07) is 11.9. The standard InChI is InChI=1S/C22H22N4O6S/c1-14-4-3-5-16(12-14)20(27)23-18(10-11-33-2)22(28)31-13-19-24-25-21(32-19)15-6-8-17(9-7-15)26(29)30/h3-9,12,18H,10-11,13H2,1-2H3,(H,23,27)/t18-/m1/s1. The zero-order chi connectivity index (χ0) is 23.8. The lowest BCUT2D eigenvalue weighted by molar-refractivity contribution is -0.384. The van der Waals surface area contributed by atoms with Crippen LogP contribution in [0.5, 0.6) is 0 Å². The van der Waals surface area contributed by atoms with Gasteiger partial charge in [0.15, 0.2) is 6.61 Å². The van der Waals surface area contributed by atoms with E-state index in [0.717, 1.165) is 5.56 Å². The van der Waals surface area contributed by atoms with Gasteiger partial charge in [-0.1, -0.05) is 17.7 Å².